The Hall–Kier alpha value is -13.9. The second-order valence-corrected chi connectivity index (χ2v) is 27.1. The maximum atomic E-state index is 6.75. The van der Waals surface area contributed by atoms with Crippen molar-refractivity contribution in [3.63, 3.8) is 0 Å². The molecule has 0 unspecified atom stereocenters. The summed E-state index contributed by atoms with van der Waals surface area (Å²) in [4.78, 5) is 21.8. The monoisotopic (exact) mass is 1350 g/mol. The number of ether oxygens (including phenoxy) is 2. The lowest BCUT2D eigenvalue weighted by molar-refractivity contribution is 0.434. The predicted molar refractivity (Wildman–Crippen MR) is 429 cm³/mol. The number of benzene rings is 15. The molecule has 0 fully saturated rings. The van der Waals surface area contributed by atoms with E-state index in [4.69, 9.17) is 29.4 Å². The Morgan fingerprint density at radius 2 is 0.415 bits per heavy atom. The van der Waals surface area contributed by atoms with Gasteiger partial charge in [0.05, 0.1) is 33.6 Å². The van der Waals surface area contributed by atoms with Crippen LogP contribution in [0, 0.1) is 0 Å². The summed E-state index contributed by atoms with van der Waals surface area (Å²) < 4.78 is 13.5. The van der Waals surface area contributed by atoms with Gasteiger partial charge in [-0.15, -0.1) is 0 Å². The third kappa shape index (κ3) is 11.1. The fraction of sp³-hybridized carbons (Fsp3) is 0.0200. The van der Waals surface area contributed by atoms with Crippen molar-refractivity contribution in [3.05, 3.63) is 445 Å². The molecule has 15 aromatic carbocycles. The van der Waals surface area contributed by atoms with Gasteiger partial charge in [-0.05, 0) is 109 Å². The van der Waals surface area contributed by atoms with Crippen molar-refractivity contribution in [2.45, 2.75) is 10.8 Å². The number of para-hydroxylation sites is 4. The summed E-state index contributed by atoms with van der Waals surface area (Å²) in [5, 5.41) is 0. The Labute approximate surface area is 616 Å². The van der Waals surface area contributed by atoms with E-state index in [2.05, 4.69) is 370 Å². The molecule has 19 rings (SSSR count). The van der Waals surface area contributed by atoms with Crippen LogP contribution < -0.4 is 9.47 Å². The van der Waals surface area contributed by atoms with Crippen LogP contribution in [0.4, 0.5) is 0 Å². The number of hydrogen-bond donors (Lipinski definition) is 0. The van der Waals surface area contributed by atoms with Crippen molar-refractivity contribution in [1.29, 1.82) is 0 Å². The first kappa shape index (κ1) is 63.0. The molecule has 0 N–H and O–H groups in total. The molecule has 0 atom stereocenters. The highest BCUT2D eigenvalue weighted by Crippen LogP contribution is 2.59. The maximum Gasteiger partial charge on any atom is 0.160 e. The molecule has 0 spiro atoms. The molecule has 106 heavy (non-hydrogen) atoms. The van der Waals surface area contributed by atoms with E-state index in [0.717, 1.165) is 168 Å². The van der Waals surface area contributed by atoms with E-state index in [1.54, 1.807) is 0 Å². The van der Waals surface area contributed by atoms with Gasteiger partial charge in [0.2, 0.25) is 0 Å². The highest BCUT2D eigenvalue weighted by Gasteiger charge is 2.48. The lowest BCUT2D eigenvalue weighted by Crippen LogP contribution is -2.34. The highest BCUT2D eigenvalue weighted by molar-refractivity contribution is 5.85. The van der Waals surface area contributed by atoms with Gasteiger partial charge in [-0.2, -0.15) is 0 Å². The largest absolute Gasteiger partial charge is 0.457 e. The Kier molecular flexibility index (Phi) is 15.9. The Balaban J connectivity index is 0.639. The van der Waals surface area contributed by atoms with Crippen molar-refractivity contribution in [3.8, 4) is 135 Å². The zero-order valence-electron chi connectivity index (χ0n) is 57.7. The fourth-order valence-corrected chi connectivity index (χ4v) is 16.1. The minimum atomic E-state index is -0.767. The average Bonchev–Trinajstić information content (AvgIpc) is 0.707. The van der Waals surface area contributed by atoms with E-state index < -0.39 is 10.8 Å². The molecule has 0 radical (unpaired) electrons. The summed E-state index contributed by atoms with van der Waals surface area (Å²) in [7, 11) is 0. The maximum absolute atomic E-state index is 6.75. The van der Waals surface area contributed by atoms with Crippen LogP contribution in [0.1, 0.15) is 44.5 Å². The highest BCUT2D eigenvalue weighted by atomic mass is 16.5. The lowest BCUT2D eigenvalue weighted by Gasteiger charge is -2.42. The molecule has 0 amide bonds. The van der Waals surface area contributed by atoms with Crippen LogP contribution in [0.15, 0.2) is 400 Å². The molecule has 0 aliphatic carbocycles. The van der Waals surface area contributed by atoms with Crippen LogP contribution in [0.5, 0.6) is 23.0 Å². The Morgan fingerprint density at radius 1 is 0.170 bits per heavy atom. The summed E-state index contributed by atoms with van der Waals surface area (Å²) in [6, 6.07) is 142. The third-order valence-corrected chi connectivity index (χ3v) is 21.1. The number of nitrogens with zero attached hydrogens (tertiary/aromatic N) is 4. The zero-order valence-corrected chi connectivity index (χ0v) is 57.7. The van der Waals surface area contributed by atoms with E-state index in [1.807, 2.05) is 30.3 Å². The molecule has 4 heterocycles. The lowest BCUT2D eigenvalue weighted by atomic mass is 9.62. The molecule has 6 nitrogen and oxygen atoms in total. The van der Waals surface area contributed by atoms with Gasteiger partial charge < -0.3 is 9.47 Å². The van der Waals surface area contributed by atoms with Gasteiger partial charge in [0.15, 0.2) is 11.6 Å². The molecule has 17 aromatic rings. The normalized spacial score (nSPS) is 12.8. The van der Waals surface area contributed by atoms with Crippen LogP contribution in [0.2, 0.25) is 0 Å². The molecule has 0 bridgehead atoms. The molecule has 2 aliphatic rings. The van der Waals surface area contributed by atoms with Crippen molar-refractivity contribution in [2.24, 2.45) is 0 Å². The number of aromatic nitrogens is 4. The summed E-state index contributed by atoms with van der Waals surface area (Å²) >= 11 is 0. The zero-order chi connectivity index (χ0) is 70.4. The Bertz CT molecular complexity index is 6020. The van der Waals surface area contributed by atoms with Gasteiger partial charge in [0.1, 0.15) is 23.0 Å². The molecule has 0 saturated heterocycles. The molecule has 0 saturated carbocycles. The fourth-order valence-electron chi connectivity index (χ4n) is 16.1. The van der Waals surface area contributed by atoms with E-state index in [9.17, 15) is 0 Å². The minimum absolute atomic E-state index is 0.630. The smallest absolute Gasteiger partial charge is 0.160 e. The molecular formula is C100H66N4O2. The predicted octanol–water partition coefficient (Wildman–Crippen LogP) is 24.9. The average molecular weight is 1360 g/mol. The van der Waals surface area contributed by atoms with Gasteiger partial charge in [-0.25, -0.2) is 19.9 Å². The van der Waals surface area contributed by atoms with Crippen molar-refractivity contribution < 1.29 is 9.47 Å². The quantitative estimate of drug-likeness (QED) is 0.108. The van der Waals surface area contributed by atoms with E-state index in [1.165, 1.54) is 0 Å². The Morgan fingerprint density at radius 3 is 0.783 bits per heavy atom. The summed E-state index contributed by atoms with van der Waals surface area (Å²) in [5.74, 6) is 4.57. The SMILES string of the molecule is c1ccc(-c2ccc(-c3cc(-c4ccccc4C4(c5ccccc5)c5ccccc5Oc5ccccc54)nc(-c4ccc(-c5cccc(-c6ccc(-c7ccc(-c8cc(-c9ccccc9C9(c%10ccccc%10)c%10ccccc%10Oc%10ccccc%109)nc(-c9ccccc9)n8)cc7)cc6)c5)cc4)n3)cc2)cc1. The van der Waals surface area contributed by atoms with E-state index >= 15 is 0 Å². The second kappa shape index (κ2) is 26.8. The standard InChI is InChI=1S/C100H66N4O2/c1-5-26-67(27-6-1)68-52-58-73(59-53-68)90-66-92(82-37-14-16-39-84(82)100(80-34-11-4-12-35-80)87-42-19-23-46-95(87)106-96-47-24-20-43-88(96)100)104-98(102-90)76-62-56-72(57-63-76)78-31-25-30-77(64-78)71-50-48-69(49-51-71)70-54-60-74(61-55-70)89-65-91(103-97(101-89)75-28-7-2-8-29-75)81-36-13-15-38-83(81)99(79-32-9-3-10-33-79)85-40-17-21-44-93(85)105-94-45-22-18-41-86(94)99/h1-66H. The first-order valence-electron chi connectivity index (χ1n) is 36.0. The number of rotatable bonds is 14. The second-order valence-electron chi connectivity index (χ2n) is 27.1. The third-order valence-electron chi connectivity index (χ3n) is 21.1. The van der Waals surface area contributed by atoms with Crippen LogP contribution in [-0.4, -0.2) is 19.9 Å². The van der Waals surface area contributed by atoms with Gasteiger partial charge in [0, 0.05) is 55.6 Å². The summed E-state index contributed by atoms with van der Waals surface area (Å²) in [6.45, 7) is 0. The molecule has 498 valence electrons. The summed E-state index contributed by atoms with van der Waals surface area (Å²) in [6.07, 6.45) is 0. The number of fused-ring (bicyclic) bond motifs is 4. The van der Waals surface area contributed by atoms with Crippen molar-refractivity contribution >= 4 is 0 Å². The number of hydrogen-bond acceptors (Lipinski definition) is 6. The molecule has 2 aromatic heterocycles. The summed E-state index contributed by atoms with van der Waals surface area (Å²) in [5.41, 5.74) is 25.3. The van der Waals surface area contributed by atoms with Crippen LogP contribution in [0.3, 0.4) is 0 Å². The van der Waals surface area contributed by atoms with Crippen molar-refractivity contribution in [1.82, 2.24) is 19.9 Å². The van der Waals surface area contributed by atoms with Gasteiger partial charge >= 0.3 is 0 Å². The van der Waals surface area contributed by atoms with Crippen LogP contribution in [-0.2, 0) is 10.8 Å². The van der Waals surface area contributed by atoms with Gasteiger partial charge in [0.25, 0.3) is 0 Å². The minimum Gasteiger partial charge on any atom is -0.457 e. The molecular weight excluding hydrogens is 1290 g/mol. The van der Waals surface area contributed by atoms with Crippen molar-refractivity contribution in [2.75, 3.05) is 0 Å². The van der Waals surface area contributed by atoms with Gasteiger partial charge in [-0.3, -0.25) is 0 Å². The van der Waals surface area contributed by atoms with Crippen LogP contribution >= 0.6 is 0 Å². The van der Waals surface area contributed by atoms with Gasteiger partial charge in [-0.1, -0.05) is 358 Å². The van der Waals surface area contributed by atoms with Crippen LogP contribution in [0.25, 0.3) is 112 Å². The topological polar surface area (TPSA) is 70.0 Å². The van der Waals surface area contributed by atoms with E-state index in [0.29, 0.717) is 11.6 Å². The molecule has 6 heteroatoms. The first-order chi connectivity index (χ1) is 52.5. The first-order valence-corrected chi connectivity index (χ1v) is 36.0. The molecule has 2 aliphatic heterocycles. The van der Waals surface area contributed by atoms with E-state index in [-0.39, 0.29) is 0 Å².